The van der Waals surface area contributed by atoms with E-state index in [9.17, 15) is 0 Å². The van der Waals surface area contributed by atoms with Gasteiger partial charge in [0, 0.05) is 19.5 Å². The Hall–Kier alpha value is -1.80. The van der Waals surface area contributed by atoms with Gasteiger partial charge in [-0.1, -0.05) is 19.0 Å². The van der Waals surface area contributed by atoms with Gasteiger partial charge in [0.1, 0.15) is 11.9 Å². The van der Waals surface area contributed by atoms with Crippen LogP contribution in [0.15, 0.2) is 4.52 Å². The molecular formula is C14H22N6O2. The van der Waals surface area contributed by atoms with Crippen LogP contribution in [0.25, 0.3) is 0 Å². The molecule has 0 amide bonds. The number of aryl methyl sites for hydroxylation is 1. The molecule has 0 radical (unpaired) electrons. The maximum Gasteiger partial charge on any atom is 0.226 e. The molecule has 1 aliphatic heterocycles. The van der Waals surface area contributed by atoms with E-state index in [-0.39, 0.29) is 6.10 Å². The predicted molar refractivity (Wildman–Crippen MR) is 77.9 cm³/mol. The van der Waals surface area contributed by atoms with Gasteiger partial charge in [0.05, 0.1) is 13.2 Å². The van der Waals surface area contributed by atoms with Crippen molar-refractivity contribution in [1.82, 2.24) is 30.2 Å². The van der Waals surface area contributed by atoms with Crippen LogP contribution in [0.3, 0.4) is 0 Å². The van der Waals surface area contributed by atoms with Crippen LogP contribution in [-0.2, 0) is 17.7 Å². The largest absolute Gasteiger partial charge is 0.367 e. The molecule has 0 bridgehead atoms. The molecular weight excluding hydrogens is 284 g/mol. The summed E-state index contributed by atoms with van der Waals surface area (Å²) in [5.41, 5.74) is 0. The number of ether oxygens (including phenoxy) is 1. The van der Waals surface area contributed by atoms with Crippen LogP contribution in [0.1, 0.15) is 43.3 Å². The number of hydrogen-bond donors (Lipinski definition) is 1. The van der Waals surface area contributed by atoms with E-state index in [4.69, 9.17) is 9.26 Å². The molecule has 0 unspecified atom stereocenters. The molecule has 0 saturated carbocycles. The summed E-state index contributed by atoms with van der Waals surface area (Å²) in [6, 6.07) is 0. The second kappa shape index (κ2) is 6.53. The molecule has 1 aliphatic rings. The van der Waals surface area contributed by atoms with Crippen molar-refractivity contribution in [2.45, 2.75) is 39.8 Å². The summed E-state index contributed by atoms with van der Waals surface area (Å²) in [5, 5.41) is 11.1. The van der Waals surface area contributed by atoms with Crippen molar-refractivity contribution < 1.29 is 9.26 Å². The van der Waals surface area contributed by atoms with E-state index in [0.717, 1.165) is 31.2 Å². The average Bonchev–Trinajstić information content (AvgIpc) is 3.08. The molecule has 0 spiro atoms. The summed E-state index contributed by atoms with van der Waals surface area (Å²) < 4.78 is 11.0. The maximum absolute atomic E-state index is 5.75. The van der Waals surface area contributed by atoms with Crippen molar-refractivity contribution in [3.63, 3.8) is 0 Å². The lowest BCUT2D eigenvalue weighted by atomic mass is 10.1. The Labute approximate surface area is 129 Å². The Morgan fingerprint density at radius 3 is 2.95 bits per heavy atom. The molecule has 1 N–H and O–H groups in total. The molecule has 1 atom stereocenters. The van der Waals surface area contributed by atoms with Crippen molar-refractivity contribution in [3.05, 3.63) is 23.4 Å². The number of aromatic amines is 1. The highest BCUT2D eigenvalue weighted by atomic mass is 16.5. The van der Waals surface area contributed by atoms with Crippen LogP contribution in [0.5, 0.6) is 0 Å². The van der Waals surface area contributed by atoms with Gasteiger partial charge in [-0.3, -0.25) is 10.00 Å². The number of H-pyrrole nitrogens is 1. The van der Waals surface area contributed by atoms with Gasteiger partial charge in [-0.25, -0.2) is 4.98 Å². The zero-order chi connectivity index (χ0) is 15.5. The van der Waals surface area contributed by atoms with Gasteiger partial charge in [-0.2, -0.15) is 10.1 Å². The van der Waals surface area contributed by atoms with Crippen LogP contribution < -0.4 is 0 Å². The van der Waals surface area contributed by atoms with E-state index in [2.05, 4.69) is 44.1 Å². The van der Waals surface area contributed by atoms with Gasteiger partial charge in [-0.15, -0.1) is 0 Å². The Bertz CT molecular complexity index is 608. The summed E-state index contributed by atoms with van der Waals surface area (Å²) in [7, 11) is 0. The van der Waals surface area contributed by atoms with Gasteiger partial charge in [0.15, 0.2) is 11.6 Å². The van der Waals surface area contributed by atoms with E-state index >= 15 is 0 Å². The van der Waals surface area contributed by atoms with E-state index in [0.29, 0.717) is 30.8 Å². The highest BCUT2D eigenvalue weighted by Crippen LogP contribution is 2.20. The quantitative estimate of drug-likeness (QED) is 0.889. The number of nitrogens with zero attached hydrogens (tertiary/aromatic N) is 5. The topological polar surface area (TPSA) is 93.0 Å². The first kappa shape index (κ1) is 15.1. The van der Waals surface area contributed by atoms with Crippen molar-refractivity contribution >= 4 is 0 Å². The molecule has 8 heteroatoms. The lowest BCUT2D eigenvalue weighted by Crippen LogP contribution is -2.38. The maximum atomic E-state index is 5.75. The fourth-order valence-corrected chi connectivity index (χ4v) is 2.49. The monoisotopic (exact) mass is 306 g/mol. The normalized spacial score (nSPS) is 19.9. The minimum Gasteiger partial charge on any atom is -0.367 e. The standard InChI is InChI=1S/C14H22N6O2/c1-9(2)6-13-16-12(19-22-13)8-20-4-5-21-11(7-20)14-15-10(3)17-18-14/h9,11H,4-8H2,1-3H3,(H,15,17,18)/t11-/m0/s1. The zero-order valence-corrected chi connectivity index (χ0v) is 13.2. The molecule has 0 aromatic carbocycles. The fourth-order valence-electron chi connectivity index (χ4n) is 2.49. The number of hydrogen-bond acceptors (Lipinski definition) is 7. The Morgan fingerprint density at radius 2 is 2.23 bits per heavy atom. The summed E-state index contributed by atoms with van der Waals surface area (Å²) in [5.74, 6) is 3.44. The number of nitrogens with one attached hydrogen (secondary N) is 1. The van der Waals surface area contributed by atoms with Gasteiger partial charge in [-0.05, 0) is 12.8 Å². The van der Waals surface area contributed by atoms with Crippen LogP contribution in [-0.4, -0.2) is 49.9 Å². The minimum absolute atomic E-state index is 0.110. The molecule has 120 valence electrons. The highest BCUT2D eigenvalue weighted by molar-refractivity contribution is 4.96. The molecule has 0 aliphatic carbocycles. The van der Waals surface area contributed by atoms with Crippen LogP contribution in [0.2, 0.25) is 0 Å². The number of morpholine rings is 1. The SMILES string of the molecule is Cc1nc([C@@H]2CN(Cc3noc(CC(C)C)n3)CCO2)n[nH]1. The van der Waals surface area contributed by atoms with Crippen molar-refractivity contribution in [2.24, 2.45) is 5.92 Å². The Kier molecular flexibility index (Phi) is 4.49. The highest BCUT2D eigenvalue weighted by Gasteiger charge is 2.26. The number of aromatic nitrogens is 5. The van der Waals surface area contributed by atoms with Crippen LogP contribution >= 0.6 is 0 Å². The Balaban J connectivity index is 1.59. The van der Waals surface area contributed by atoms with E-state index in [1.54, 1.807) is 0 Å². The minimum atomic E-state index is -0.110. The summed E-state index contributed by atoms with van der Waals surface area (Å²) >= 11 is 0. The molecule has 8 nitrogen and oxygen atoms in total. The molecule has 3 heterocycles. The molecule has 1 fully saturated rings. The molecule has 2 aromatic rings. The first-order valence-corrected chi connectivity index (χ1v) is 7.64. The van der Waals surface area contributed by atoms with Crippen LogP contribution in [0.4, 0.5) is 0 Å². The lowest BCUT2D eigenvalue weighted by molar-refractivity contribution is -0.0379. The lowest BCUT2D eigenvalue weighted by Gasteiger charge is -2.30. The number of rotatable bonds is 5. The first-order valence-electron chi connectivity index (χ1n) is 7.64. The third-order valence-corrected chi connectivity index (χ3v) is 3.51. The van der Waals surface area contributed by atoms with Crippen molar-refractivity contribution in [1.29, 1.82) is 0 Å². The summed E-state index contributed by atoms with van der Waals surface area (Å²) in [6.07, 6.45) is 0.704. The predicted octanol–water partition coefficient (Wildman–Crippen LogP) is 1.27. The first-order chi connectivity index (χ1) is 10.6. The van der Waals surface area contributed by atoms with Crippen molar-refractivity contribution in [3.8, 4) is 0 Å². The van der Waals surface area contributed by atoms with Crippen LogP contribution in [0, 0.1) is 12.8 Å². The van der Waals surface area contributed by atoms with E-state index in [1.807, 2.05) is 6.92 Å². The van der Waals surface area contributed by atoms with E-state index in [1.165, 1.54) is 0 Å². The van der Waals surface area contributed by atoms with Crippen molar-refractivity contribution in [2.75, 3.05) is 19.7 Å². The van der Waals surface area contributed by atoms with Gasteiger partial charge >= 0.3 is 0 Å². The molecule has 3 rings (SSSR count). The molecule has 1 saturated heterocycles. The average molecular weight is 306 g/mol. The second-order valence-electron chi connectivity index (χ2n) is 6.08. The zero-order valence-electron chi connectivity index (χ0n) is 13.2. The fraction of sp³-hybridized carbons (Fsp3) is 0.714. The molecule has 2 aromatic heterocycles. The van der Waals surface area contributed by atoms with Gasteiger partial charge in [0.25, 0.3) is 0 Å². The van der Waals surface area contributed by atoms with Gasteiger partial charge in [0.2, 0.25) is 5.89 Å². The van der Waals surface area contributed by atoms with Gasteiger partial charge < -0.3 is 9.26 Å². The van der Waals surface area contributed by atoms with E-state index < -0.39 is 0 Å². The third-order valence-electron chi connectivity index (χ3n) is 3.51. The Morgan fingerprint density at radius 1 is 1.36 bits per heavy atom. The molecule has 22 heavy (non-hydrogen) atoms. The third kappa shape index (κ3) is 3.69. The summed E-state index contributed by atoms with van der Waals surface area (Å²) in [4.78, 5) is 11.0. The summed E-state index contributed by atoms with van der Waals surface area (Å²) in [6.45, 7) is 9.02. The second-order valence-corrected chi connectivity index (χ2v) is 6.08. The smallest absolute Gasteiger partial charge is 0.226 e.